The van der Waals surface area contributed by atoms with Crippen molar-refractivity contribution in [3.8, 4) is 0 Å². The van der Waals surface area contributed by atoms with Gasteiger partial charge >= 0.3 is 0 Å². The van der Waals surface area contributed by atoms with Gasteiger partial charge in [-0.15, -0.1) is 11.3 Å². The maximum Gasteiger partial charge on any atom is 0.229 e. The molecule has 3 rings (SSSR count). The number of amides is 1. The summed E-state index contributed by atoms with van der Waals surface area (Å²) < 4.78 is 0. The summed E-state index contributed by atoms with van der Waals surface area (Å²) >= 11 is 1.71. The molecule has 1 aromatic heterocycles. The van der Waals surface area contributed by atoms with Gasteiger partial charge in [-0.3, -0.25) is 4.79 Å². The van der Waals surface area contributed by atoms with E-state index in [-0.39, 0.29) is 5.91 Å². The fraction of sp³-hybridized carbons (Fsp3) is 0.692. The summed E-state index contributed by atoms with van der Waals surface area (Å²) in [5.41, 5.74) is 1.21. The number of nitrogens with one attached hydrogen (secondary N) is 1. The van der Waals surface area contributed by atoms with Crippen LogP contribution < -0.4 is 5.32 Å². The highest BCUT2D eigenvalue weighted by Crippen LogP contribution is 2.22. The number of hydrogen-bond acceptors (Lipinski definition) is 4. The Hall–Kier alpha value is -0.940. The van der Waals surface area contributed by atoms with Gasteiger partial charge in [0.15, 0.2) is 0 Å². The lowest BCUT2D eigenvalue weighted by molar-refractivity contribution is -0.131. The minimum atomic E-state index is 0.258. The average molecular weight is 265 g/mol. The fourth-order valence-corrected chi connectivity index (χ4v) is 3.71. The molecule has 1 fully saturated rings. The number of nitrogens with zero attached hydrogens (tertiary/aromatic N) is 2. The number of carbonyl (C=O) groups excluding carboxylic acids is 1. The van der Waals surface area contributed by atoms with Crippen molar-refractivity contribution in [3.05, 3.63) is 15.6 Å². The molecule has 0 aliphatic carbocycles. The van der Waals surface area contributed by atoms with Crippen LogP contribution in [0.2, 0.25) is 0 Å². The number of rotatable bonds is 2. The minimum absolute atomic E-state index is 0.258. The molecule has 0 spiro atoms. The van der Waals surface area contributed by atoms with Gasteiger partial charge < -0.3 is 10.2 Å². The van der Waals surface area contributed by atoms with Crippen LogP contribution in [0, 0.1) is 0 Å². The van der Waals surface area contributed by atoms with Gasteiger partial charge in [0, 0.05) is 37.5 Å². The van der Waals surface area contributed by atoms with Gasteiger partial charge in [-0.05, 0) is 19.3 Å². The van der Waals surface area contributed by atoms with E-state index in [0.717, 1.165) is 50.4 Å². The van der Waals surface area contributed by atoms with E-state index in [1.165, 1.54) is 17.0 Å². The first-order chi connectivity index (χ1) is 8.83. The van der Waals surface area contributed by atoms with Gasteiger partial charge in [0.1, 0.15) is 5.01 Å². The smallest absolute Gasteiger partial charge is 0.229 e. The second-order valence-corrected chi connectivity index (χ2v) is 6.19. The third-order valence-corrected chi connectivity index (χ3v) is 4.76. The van der Waals surface area contributed by atoms with E-state index in [2.05, 4.69) is 10.3 Å². The predicted octanol–water partition coefficient (Wildman–Crippen LogP) is 1.34. The van der Waals surface area contributed by atoms with Crippen LogP contribution >= 0.6 is 11.3 Å². The first-order valence-electron chi connectivity index (χ1n) is 6.79. The van der Waals surface area contributed by atoms with Crippen molar-refractivity contribution in [2.75, 3.05) is 19.6 Å². The molecule has 1 saturated heterocycles. The Morgan fingerprint density at radius 3 is 2.94 bits per heavy atom. The molecule has 0 bridgehead atoms. The maximum absolute atomic E-state index is 12.2. The fourth-order valence-electron chi connectivity index (χ4n) is 2.64. The predicted molar refractivity (Wildman–Crippen MR) is 71.7 cm³/mol. The summed E-state index contributed by atoms with van der Waals surface area (Å²) in [6.07, 6.45) is 5.08. The summed E-state index contributed by atoms with van der Waals surface area (Å²) in [5, 5.41) is 4.35. The molecule has 0 radical (unpaired) electrons. The topological polar surface area (TPSA) is 45.2 Å². The number of fused-ring (bicyclic) bond motifs is 1. The Labute approximate surface area is 111 Å². The first-order valence-corrected chi connectivity index (χ1v) is 7.60. The van der Waals surface area contributed by atoms with Crippen LogP contribution in [0.3, 0.4) is 0 Å². The van der Waals surface area contributed by atoms with Crippen LogP contribution in [0.1, 0.15) is 34.8 Å². The van der Waals surface area contributed by atoms with Crippen molar-refractivity contribution in [2.45, 2.75) is 38.6 Å². The van der Waals surface area contributed by atoms with Crippen LogP contribution in [0.5, 0.6) is 0 Å². The SMILES string of the molecule is O=C(Cc1nc2c(s1)CNCC2)N1CCCCC1. The number of carbonyl (C=O) groups is 1. The number of likely N-dealkylation sites (tertiary alicyclic amines) is 1. The molecule has 5 heteroatoms. The van der Waals surface area contributed by atoms with E-state index in [1.54, 1.807) is 11.3 Å². The molecule has 4 nitrogen and oxygen atoms in total. The lowest BCUT2D eigenvalue weighted by atomic mass is 10.1. The molecule has 3 heterocycles. The molecular formula is C13H19N3OS. The molecule has 0 atom stereocenters. The number of piperidine rings is 1. The zero-order chi connectivity index (χ0) is 12.4. The molecule has 2 aliphatic heterocycles. The number of aromatic nitrogens is 1. The number of hydrogen-bond donors (Lipinski definition) is 1. The molecule has 18 heavy (non-hydrogen) atoms. The van der Waals surface area contributed by atoms with Gasteiger partial charge in [0.25, 0.3) is 0 Å². The summed E-state index contributed by atoms with van der Waals surface area (Å²) in [7, 11) is 0. The summed E-state index contributed by atoms with van der Waals surface area (Å²) in [6.45, 7) is 3.80. The van der Waals surface area contributed by atoms with Crippen molar-refractivity contribution in [1.29, 1.82) is 0 Å². The highest BCUT2D eigenvalue weighted by molar-refractivity contribution is 7.11. The standard InChI is InChI=1S/C13H19N3OS/c17-13(16-6-2-1-3-7-16)8-12-15-10-4-5-14-9-11(10)18-12/h14H,1-9H2. The Kier molecular flexibility index (Phi) is 3.61. The van der Waals surface area contributed by atoms with Crippen LogP contribution in [0.4, 0.5) is 0 Å². The second-order valence-electron chi connectivity index (χ2n) is 5.02. The molecule has 1 amide bonds. The third-order valence-electron chi connectivity index (χ3n) is 3.66. The average Bonchev–Trinajstić information content (AvgIpc) is 2.82. The van der Waals surface area contributed by atoms with E-state index < -0.39 is 0 Å². The van der Waals surface area contributed by atoms with E-state index in [9.17, 15) is 4.79 Å². The summed E-state index contributed by atoms with van der Waals surface area (Å²) in [5.74, 6) is 0.258. The van der Waals surface area contributed by atoms with Gasteiger partial charge in [0.2, 0.25) is 5.91 Å². The third kappa shape index (κ3) is 2.57. The van der Waals surface area contributed by atoms with Crippen LogP contribution in [-0.2, 0) is 24.2 Å². The lowest BCUT2D eigenvalue weighted by Gasteiger charge is -2.26. The Bertz CT molecular complexity index is 414. The van der Waals surface area contributed by atoms with Gasteiger partial charge in [0.05, 0.1) is 12.1 Å². The monoisotopic (exact) mass is 265 g/mol. The highest BCUT2D eigenvalue weighted by Gasteiger charge is 2.20. The summed E-state index contributed by atoms with van der Waals surface area (Å²) in [4.78, 5) is 20.1. The van der Waals surface area contributed by atoms with Crippen molar-refractivity contribution in [3.63, 3.8) is 0 Å². The maximum atomic E-state index is 12.2. The van der Waals surface area contributed by atoms with Crippen LogP contribution in [-0.4, -0.2) is 35.4 Å². The van der Waals surface area contributed by atoms with Crippen molar-refractivity contribution >= 4 is 17.2 Å². The van der Waals surface area contributed by atoms with Gasteiger partial charge in [-0.2, -0.15) is 0 Å². The molecule has 0 unspecified atom stereocenters. The Balaban J connectivity index is 1.64. The summed E-state index contributed by atoms with van der Waals surface area (Å²) in [6, 6.07) is 0. The molecule has 98 valence electrons. The first kappa shape index (κ1) is 12.1. The van der Waals surface area contributed by atoms with Crippen LogP contribution in [0.25, 0.3) is 0 Å². The molecule has 1 N–H and O–H groups in total. The zero-order valence-electron chi connectivity index (χ0n) is 10.6. The normalized spacial score (nSPS) is 19.7. The van der Waals surface area contributed by atoms with E-state index >= 15 is 0 Å². The minimum Gasteiger partial charge on any atom is -0.342 e. The number of thiazole rings is 1. The van der Waals surface area contributed by atoms with Gasteiger partial charge in [-0.25, -0.2) is 4.98 Å². The lowest BCUT2D eigenvalue weighted by Crippen LogP contribution is -2.36. The molecule has 0 aromatic carbocycles. The molecule has 1 aromatic rings. The molecule has 0 saturated carbocycles. The van der Waals surface area contributed by atoms with Gasteiger partial charge in [-0.1, -0.05) is 0 Å². The highest BCUT2D eigenvalue weighted by atomic mass is 32.1. The van der Waals surface area contributed by atoms with E-state index in [4.69, 9.17) is 0 Å². The second kappa shape index (κ2) is 5.36. The molecular weight excluding hydrogens is 246 g/mol. The zero-order valence-corrected chi connectivity index (χ0v) is 11.4. The van der Waals surface area contributed by atoms with Crippen molar-refractivity contribution < 1.29 is 4.79 Å². The van der Waals surface area contributed by atoms with E-state index in [0.29, 0.717) is 6.42 Å². The van der Waals surface area contributed by atoms with E-state index in [1.807, 2.05) is 4.90 Å². The van der Waals surface area contributed by atoms with Crippen molar-refractivity contribution in [1.82, 2.24) is 15.2 Å². The van der Waals surface area contributed by atoms with Crippen molar-refractivity contribution in [2.24, 2.45) is 0 Å². The Morgan fingerprint density at radius 2 is 2.17 bits per heavy atom. The largest absolute Gasteiger partial charge is 0.342 e. The Morgan fingerprint density at radius 1 is 1.33 bits per heavy atom. The molecule has 2 aliphatic rings. The quantitative estimate of drug-likeness (QED) is 0.878. The van der Waals surface area contributed by atoms with Crippen LogP contribution in [0.15, 0.2) is 0 Å².